The number of para-hydroxylation sites is 1. The van der Waals surface area contributed by atoms with E-state index in [1.54, 1.807) is 0 Å². The van der Waals surface area contributed by atoms with Crippen molar-refractivity contribution in [3.05, 3.63) is 64.7 Å². The number of benzene rings is 2. The Kier molecular flexibility index (Phi) is 6.08. The SMILES string of the molecule is Cc1cccc(Nc2nnc(SCC(=O)/C(C#N)=C3\Sc4ccccc4N3C)s2)c1. The molecule has 9 heteroatoms. The van der Waals surface area contributed by atoms with Gasteiger partial charge in [0.2, 0.25) is 5.13 Å². The highest BCUT2D eigenvalue weighted by Gasteiger charge is 2.27. The van der Waals surface area contributed by atoms with Crippen molar-refractivity contribution in [2.24, 2.45) is 0 Å². The van der Waals surface area contributed by atoms with Gasteiger partial charge >= 0.3 is 0 Å². The quantitative estimate of drug-likeness (QED) is 0.310. The highest BCUT2D eigenvalue weighted by molar-refractivity contribution is 8.04. The molecular formula is C21H17N5OS3. The van der Waals surface area contributed by atoms with Gasteiger partial charge in [-0.1, -0.05) is 59.1 Å². The van der Waals surface area contributed by atoms with Crippen LogP contribution >= 0.6 is 34.9 Å². The van der Waals surface area contributed by atoms with Crippen LogP contribution in [0.15, 0.2) is 68.4 Å². The molecule has 0 radical (unpaired) electrons. The minimum Gasteiger partial charge on any atom is -0.337 e. The molecule has 6 nitrogen and oxygen atoms in total. The number of rotatable bonds is 6. The first-order chi connectivity index (χ1) is 14.5. The van der Waals surface area contributed by atoms with Crippen molar-refractivity contribution in [2.45, 2.75) is 16.2 Å². The number of nitriles is 1. The van der Waals surface area contributed by atoms with Crippen LogP contribution in [0.5, 0.6) is 0 Å². The maximum atomic E-state index is 12.8. The molecule has 0 saturated heterocycles. The van der Waals surface area contributed by atoms with Crippen LogP contribution in [0.4, 0.5) is 16.5 Å². The zero-order chi connectivity index (χ0) is 21.1. The smallest absolute Gasteiger partial charge is 0.210 e. The highest BCUT2D eigenvalue weighted by Crippen LogP contribution is 2.46. The lowest BCUT2D eigenvalue weighted by molar-refractivity contribution is -0.112. The van der Waals surface area contributed by atoms with E-state index in [-0.39, 0.29) is 17.1 Å². The minimum absolute atomic E-state index is 0.135. The number of carbonyl (C=O) groups is 1. The number of hydrogen-bond donors (Lipinski definition) is 1. The largest absolute Gasteiger partial charge is 0.337 e. The van der Waals surface area contributed by atoms with E-state index in [2.05, 4.69) is 21.6 Å². The average Bonchev–Trinajstić information content (AvgIpc) is 3.32. The summed E-state index contributed by atoms with van der Waals surface area (Å²) in [5.74, 6) is -0.0796. The predicted molar refractivity (Wildman–Crippen MR) is 123 cm³/mol. The van der Waals surface area contributed by atoms with Gasteiger partial charge in [-0.2, -0.15) is 5.26 Å². The topological polar surface area (TPSA) is 81.9 Å². The Hall–Kier alpha value is -2.80. The van der Waals surface area contributed by atoms with Gasteiger partial charge in [-0.25, -0.2) is 0 Å². The molecule has 0 fully saturated rings. The van der Waals surface area contributed by atoms with Gasteiger partial charge in [0, 0.05) is 17.6 Å². The average molecular weight is 452 g/mol. The molecular weight excluding hydrogens is 434 g/mol. The molecule has 2 heterocycles. The van der Waals surface area contributed by atoms with Crippen molar-refractivity contribution < 1.29 is 4.79 Å². The number of aromatic nitrogens is 2. The number of Topliss-reactive ketones (excluding diaryl/α,β-unsaturated/α-hetero) is 1. The Morgan fingerprint density at radius 2 is 2.07 bits per heavy atom. The Morgan fingerprint density at radius 1 is 1.23 bits per heavy atom. The van der Waals surface area contributed by atoms with Gasteiger partial charge in [-0.3, -0.25) is 4.79 Å². The summed E-state index contributed by atoms with van der Waals surface area (Å²) in [4.78, 5) is 15.7. The number of anilines is 3. The molecule has 0 atom stereocenters. The van der Waals surface area contributed by atoms with Crippen molar-refractivity contribution in [3.8, 4) is 6.07 Å². The Bertz CT molecular complexity index is 1180. The van der Waals surface area contributed by atoms with Gasteiger partial charge in [0.15, 0.2) is 10.1 Å². The number of nitrogens with zero attached hydrogens (tertiary/aromatic N) is 4. The Labute approximate surface area is 187 Å². The molecule has 1 aliphatic heterocycles. The van der Waals surface area contributed by atoms with Crippen molar-refractivity contribution in [2.75, 3.05) is 23.0 Å². The molecule has 1 N–H and O–H groups in total. The van der Waals surface area contributed by atoms with Gasteiger partial charge < -0.3 is 10.2 Å². The number of hydrogen-bond acceptors (Lipinski definition) is 9. The number of thioether (sulfide) groups is 2. The molecule has 0 amide bonds. The van der Waals surface area contributed by atoms with Gasteiger partial charge in [-0.15, -0.1) is 10.2 Å². The number of ketones is 1. The third-order valence-corrected chi connectivity index (χ3v) is 7.55. The molecule has 0 saturated carbocycles. The minimum atomic E-state index is -0.215. The summed E-state index contributed by atoms with van der Waals surface area (Å²) in [5, 5.41) is 22.5. The summed E-state index contributed by atoms with van der Waals surface area (Å²) in [6.07, 6.45) is 0. The van der Waals surface area contributed by atoms with Crippen LogP contribution in [0.1, 0.15) is 5.56 Å². The second kappa shape index (κ2) is 8.92. The maximum Gasteiger partial charge on any atom is 0.210 e. The van der Waals surface area contributed by atoms with Gasteiger partial charge in [0.25, 0.3) is 0 Å². The monoisotopic (exact) mass is 451 g/mol. The van der Waals surface area contributed by atoms with E-state index >= 15 is 0 Å². The van der Waals surface area contributed by atoms with Crippen LogP contribution in [-0.4, -0.2) is 28.8 Å². The van der Waals surface area contributed by atoms with E-state index in [0.29, 0.717) is 14.5 Å². The number of carbonyl (C=O) groups excluding carboxylic acids is 1. The van der Waals surface area contributed by atoms with Crippen LogP contribution in [0.3, 0.4) is 0 Å². The van der Waals surface area contributed by atoms with E-state index in [9.17, 15) is 10.1 Å². The lowest BCUT2D eigenvalue weighted by Crippen LogP contribution is -2.16. The highest BCUT2D eigenvalue weighted by atomic mass is 32.2. The molecule has 0 spiro atoms. The summed E-state index contributed by atoms with van der Waals surface area (Å²) >= 11 is 4.12. The fraction of sp³-hybridized carbons (Fsp3) is 0.143. The number of allylic oxidation sites excluding steroid dienone is 1. The van der Waals surface area contributed by atoms with Crippen molar-refractivity contribution >= 4 is 57.2 Å². The van der Waals surface area contributed by atoms with Crippen molar-refractivity contribution in [1.82, 2.24) is 10.2 Å². The van der Waals surface area contributed by atoms with Crippen molar-refractivity contribution in [3.63, 3.8) is 0 Å². The third kappa shape index (κ3) is 4.36. The first kappa shape index (κ1) is 20.5. The fourth-order valence-corrected chi connectivity index (χ4v) is 5.72. The van der Waals surface area contributed by atoms with Crippen molar-refractivity contribution in [1.29, 1.82) is 5.26 Å². The van der Waals surface area contributed by atoms with Gasteiger partial charge in [-0.05, 0) is 36.8 Å². The molecule has 1 aromatic heterocycles. The summed E-state index contributed by atoms with van der Waals surface area (Å²) in [7, 11) is 1.87. The molecule has 0 bridgehead atoms. The van der Waals surface area contributed by atoms with E-state index in [0.717, 1.165) is 21.8 Å². The normalized spacial score (nSPS) is 14.2. The molecule has 2 aromatic carbocycles. The Morgan fingerprint density at radius 3 is 2.83 bits per heavy atom. The lowest BCUT2D eigenvalue weighted by atomic mass is 10.2. The second-order valence-electron chi connectivity index (χ2n) is 6.50. The van der Waals surface area contributed by atoms with Crippen LogP contribution < -0.4 is 10.2 Å². The number of aryl methyl sites for hydroxylation is 1. The molecule has 0 unspecified atom stereocenters. The first-order valence-corrected chi connectivity index (χ1v) is 11.6. The van der Waals surface area contributed by atoms with Crippen LogP contribution in [0.25, 0.3) is 0 Å². The van der Waals surface area contributed by atoms with Crippen LogP contribution in [0, 0.1) is 18.3 Å². The first-order valence-electron chi connectivity index (χ1n) is 9.03. The molecule has 4 rings (SSSR count). The maximum absolute atomic E-state index is 12.8. The van der Waals surface area contributed by atoms with E-state index in [4.69, 9.17) is 0 Å². The number of nitrogens with one attached hydrogen (secondary N) is 1. The molecule has 1 aliphatic rings. The number of fused-ring (bicyclic) bond motifs is 1. The van der Waals surface area contributed by atoms with Gasteiger partial charge in [0.05, 0.1) is 11.4 Å². The summed E-state index contributed by atoms with van der Waals surface area (Å²) in [5.41, 5.74) is 3.27. The molecule has 0 aliphatic carbocycles. The summed E-state index contributed by atoms with van der Waals surface area (Å²) in [6, 6.07) is 17.9. The lowest BCUT2D eigenvalue weighted by Gasteiger charge is -2.14. The zero-order valence-electron chi connectivity index (χ0n) is 16.2. The third-order valence-electron chi connectivity index (χ3n) is 4.34. The molecule has 3 aromatic rings. The van der Waals surface area contributed by atoms with Crippen LogP contribution in [0.2, 0.25) is 0 Å². The summed E-state index contributed by atoms with van der Waals surface area (Å²) in [6.45, 7) is 2.03. The molecule has 30 heavy (non-hydrogen) atoms. The standard InChI is InChI=1S/C21H17N5OS3/c1-13-6-5-7-14(10-13)23-20-24-25-21(30-20)28-12-17(27)15(11-22)19-26(2)16-8-3-4-9-18(16)29-19/h3-10H,12H2,1-2H3,(H,23,24)/b19-15-. The fourth-order valence-electron chi connectivity index (χ4n) is 2.92. The van der Waals surface area contributed by atoms with Gasteiger partial charge in [0.1, 0.15) is 16.7 Å². The second-order valence-corrected chi connectivity index (χ2v) is 9.73. The van der Waals surface area contributed by atoms with E-state index < -0.39 is 0 Å². The van der Waals surface area contributed by atoms with Crippen LogP contribution in [-0.2, 0) is 4.79 Å². The summed E-state index contributed by atoms with van der Waals surface area (Å²) < 4.78 is 0.677. The molecule has 150 valence electrons. The van der Waals surface area contributed by atoms with E-state index in [1.165, 1.54) is 34.9 Å². The van der Waals surface area contributed by atoms with E-state index in [1.807, 2.05) is 67.4 Å². The zero-order valence-corrected chi connectivity index (χ0v) is 18.7. The predicted octanol–water partition coefficient (Wildman–Crippen LogP) is 5.23. The Balaban J connectivity index is 1.42.